The van der Waals surface area contributed by atoms with Crippen LogP contribution in [0.4, 0.5) is 5.95 Å². The van der Waals surface area contributed by atoms with E-state index >= 15 is 0 Å². The van der Waals surface area contributed by atoms with Gasteiger partial charge in [0.25, 0.3) is 0 Å². The molecule has 9 heteroatoms. The van der Waals surface area contributed by atoms with Gasteiger partial charge in [0.1, 0.15) is 5.82 Å². The Hall–Kier alpha value is -2.00. The fourth-order valence-electron chi connectivity index (χ4n) is 3.20. The van der Waals surface area contributed by atoms with Gasteiger partial charge in [-0.3, -0.25) is 0 Å². The molecule has 8 nitrogen and oxygen atoms in total. The zero-order chi connectivity index (χ0) is 18.2. The van der Waals surface area contributed by atoms with E-state index in [-0.39, 0.29) is 12.1 Å². The first-order valence-corrected chi connectivity index (χ1v) is 10.2. The van der Waals surface area contributed by atoms with Crippen molar-refractivity contribution in [2.75, 3.05) is 24.7 Å². The molecule has 25 heavy (non-hydrogen) atoms. The maximum absolute atomic E-state index is 11.6. The molecule has 1 aliphatic heterocycles. The fourth-order valence-corrected chi connectivity index (χ4v) is 4.08. The number of imidazole rings is 1. The van der Waals surface area contributed by atoms with E-state index in [1.807, 2.05) is 19.2 Å². The van der Waals surface area contributed by atoms with E-state index in [0.29, 0.717) is 19.0 Å². The van der Waals surface area contributed by atoms with Crippen LogP contribution < -0.4 is 5.32 Å². The highest BCUT2D eigenvalue weighted by Crippen LogP contribution is 2.24. The third-order valence-corrected chi connectivity index (χ3v) is 5.64. The molecule has 136 valence electrons. The van der Waals surface area contributed by atoms with Crippen molar-refractivity contribution in [3.05, 3.63) is 24.3 Å². The summed E-state index contributed by atoms with van der Waals surface area (Å²) in [6.07, 6.45) is 5.51. The molecule has 0 bridgehead atoms. The number of aryl methyl sites for hydroxylation is 1. The number of nitrogens with zero attached hydrogens (tertiary/aromatic N) is 5. The number of nitrogens with one attached hydrogen (secondary N) is 1. The summed E-state index contributed by atoms with van der Waals surface area (Å²) in [5.41, 5.74) is 1.74. The molecule has 2 aromatic rings. The molecule has 0 radical (unpaired) electrons. The van der Waals surface area contributed by atoms with Crippen LogP contribution in [0, 0.1) is 6.92 Å². The van der Waals surface area contributed by atoms with Gasteiger partial charge in [-0.1, -0.05) is 0 Å². The number of hydrogen-bond acceptors (Lipinski definition) is 6. The maximum Gasteiger partial charge on any atom is 0.223 e. The first-order valence-electron chi connectivity index (χ1n) is 8.34. The molecule has 1 N–H and O–H groups in total. The van der Waals surface area contributed by atoms with Gasteiger partial charge in [0, 0.05) is 31.4 Å². The van der Waals surface area contributed by atoms with Gasteiger partial charge in [-0.15, -0.1) is 0 Å². The zero-order valence-corrected chi connectivity index (χ0v) is 15.8. The van der Waals surface area contributed by atoms with Crippen molar-refractivity contribution in [1.29, 1.82) is 0 Å². The summed E-state index contributed by atoms with van der Waals surface area (Å²) in [4.78, 5) is 13.3. The summed E-state index contributed by atoms with van der Waals surface area (Å²) in [6, 6.07) is 2.15. The molecule has 0 amide bonds. The van der Waals surface area contributed by atoms with E-state index in [1.54, 1.807) is 6.20 Å². The smallest absolute Gasteiger partial charge is 0.223 e. The molecular weight excluding hydrogens is 340 g/mol. The predicted octanol–water partition coefficient (Wildman–Crippen LogP) is 1.68. The molecule has 1 saturated heterocycles. The Labute approximate surface area is 148 Å². The highest BCUT2D eigenvalue weighted by molar-refractivity contribution is 7.88. The summed E-state index contributed by atoms with van der Waals surface area (Å²) in [5.74, 6) is 1.45. The second-order valence-corrected chi connectivity index (χ2v) is 8.65. The van der Waals surface area contributed by atoms with Gasteiger partial charge in [0.15, 0.2) is 0 Å². The number of aromatic nitrogens is 4. The first kappa shape index (κ1) is 17.8. The highest BCUT2D eigenvalue weighted by atomic mass is 32.2. The lowest BCUT2D eigenvalue weighted by Gasteiger charge is -2.16. The van der Waals surface area contributed by atoms with Crippen LogP contribution in [0.25, 0.3) is 11.4 Å². The lowest BCUT2D eigenvalue weighted by Crippen LogP contribution is -2.31. The molecule has 1 aliphatic rings. The summed E-state index contributed by atoms with van der Waals surface area (Å²) < 4.78 is 26.9. The number of rotatable bonds is 5. The van der Waals surface area contributed by atoms with E-state index in [4.69, 9.17) is 0 Å². The third kappa shape index (κ3) is 3.82. The van der Waals surface area contributed by atoms with E-state index in [0.717, 1.165) is 23.6 Å². The van der Waals surface area contributed by atoms with Crippen LogP contribution in [0.1, 0.15) is 32.1 Å². The second kappa shape index (κ2) is 6.72. The van der Waals surface area contributed by atoms with E-state index in [1.165, 1.54) is 10.6 Å². The summed E-state index contributed by atoms with van der Waals surface area (Å²) >= 11 is 0. The monoisotopic (exact) mass is 364 g/mol. The van der Waals surface area contributed by atoms with Gasteiger partial charge in [0.05, 0.1) is 23.8 Å². The average Bonchev–Trinajstić information content (AvgIpc) is 3.14. The first-order chi connectivity index (χ1) is 11.8. The van der Waals surface area contributed by atoms with Crippen molar-refractivity contribution >= 4 is 16.0 Å². The number of hydrogen-bond donors (Lipinski definition) is 1. The van der Waals surface area contributed by atoms with Crippen LogP contribution in [0.3, 0.4) is 0 Å². The molecule has 0 saturated carbocycles. The zero-order valence-electron chi connectivity index (χ0n) is 15.0. The highest BCUT2D eigenvalue weighted by Gasteiger charge is 2.28. The van der Waals surface area contributed by atoms with Crippen molar-refractivity contribution in [2.45, 2.75) is 39.3 Å². The SMILES string of the molecule is Cc1ncc(-c2ccnc(NC3CCN(S(C)(=O)=O)C3)n2)n1C(C)C. The van der Waals surface area contributed by atoms with Crippen LogP contribution in [0.5, 0.6) is 0 Å². The topological polar surface area (TPSA) is 93.0 Å². The molecule has 3 rings (SSSR count). The van der Waals surface area contributed by atoms with Crippen molar-refractivity contribution in [3.63, 3.8) is 0 Å². The van der Waals surface area contributed by atoms with Crippen molar-refractivity contribution < 1.29 is 8.42 Å². The lowest BCUT2D eigenvalue weighted by molar-refractivity contribution is 0.480. The van der Waals surface area contributed by atoms with Crippen molar-refractivity contribution in [1.82, 2.24) is 23.8 Å². The number of sulfonamides is 1. The summed E-state index contributed by atoms with van der Waals surface area (Å²) in [6.45, 7) is 7.15. The summed E-state index contributed by atoms with van der Waals surface area (Å²) in [5, 5.41) is 3.25. The predicted molar refractivity (Wildman–Crippen MR) is 96.8 cm³/mol. The van der Waals surface area contributed by atoms with Gasteiger partial charge in [-0.2, -0.15) is 0 Å². The van der Waals surface area contributed by atoms with Gasteiger partial charge in [-0.25, -0.2) is 27.7 Å². The fraction of sp³-hybridized carbons (Fsp3) is 0.562. The van der Waals surface area contributed by atoms with Crippen molar-refractivity contribution in [2.24, 2.45) is 0 Å². The quantitative estimate of drug-likeness (QED) is 0.868. The second-order valence-electron chi connectivity index (χ2n) is 6.67. The summed E-state index contributed by atoms with van der Waals surface area (Å²) in [7, 11) is -3.15. The molecule has 1 unspecified atom stereocenters. The Balaban J connectivity index is 1.79. The Morgan fingerprint density at radius 2 is 2.08 bits per heavy atom. The lowest BCUT2D eigenvalue weighted by atomic mass is 10.2. The molecule has 0 aliphatic carbocycles. The molecule has 2 aromatic heterocycles. The Kier molecular flexibility index (Phi) is 4.79. The largest absolute Gasteiger partial charge is 0.350 e. The van der Waals surface area contributed by atoms with Gasteiger partial charge in [-0.05, 0) is 33.3 Å². The van der Waals surface area contributed by atoms with Gasteiger partial charge >= 0.3 is 0 Å². The Morgan fingerprint density at radius 3 is 2.72 bits per heavy atom. The molecular formula is C16H24N6O2S. The van der Waals surface area contributed by atoms with E-state index < -0.39 is 10.0 Å². The Morgan fingerprint density at radius 1 is 1.32 bits per heavy atom. The minimum absolute atomic E-state index is 0.0155. The van der Waals surface area contributed by atoms with Crippen LogP contribution in [-0.4, -0.2) is 57.6 Å². The van der Waals surface area contributed by atoms with Gasteiger partial charge < -0.3 is 9.88 Å². The third-order valence-electron chi connectivity index (χ3n) is 4.37. The maximum atomic E-state index is 11.6. The molecule has 0 aromatic carbocycles. The molecule has 3 heterocycles. The van der Waals surface area contributed by atoms with Crippen LogP contribution in [0.15, 0.2) is 18.5 Å². The average molecular weight is 364 g/mol. The van der Waals surface area contributed by atoms with E-state index in [9.17, 15) is 8.42 Å². The van der Waals surface area contributed by atoms with Crippen molar-refractivity contribution in [3.8, 4) is 11.4 Å². The van der Waals surface area contributed by atoms with E-state index in [2.05, 4.69) is 38.7 Å². The Bertz CT molecular complexity index is 861. The van der Waals surface area contributed by atoms with Crippen LogP contribution in [0.2, 0.25) is 0 Å². The normalized spacial score (nSPS) is 18.8. The number of anilines is 1. The minimum Gasteiger partial charge on any atom is -0.350 e. The molecule has 1 atom stereocenters. The van der Waals surface area contributed by atoms with Crippen LogP contribution >= 0.6 is 0 Å². The van der Waals surface area contributed by atoms with Crippen LogP contribution in [-0.2, 0) is 10.0 Å². The standard InChI is InChI=1S/C16H24N6O2S/c1-11(2)22-12(3)18-9-15(22)14-5-7-17-16(20-14)19-13-6-8-21(10-13)25(4,23)24/h5,7,9,11,13H,6,8,10H2,1-4H3,(H,17,19,20). The molecule has 0 spiro atoms. The molecule has 1 fully saturated rings. The minimum atomic E-state index is -3.15. The van der Waals surface area contributed by atoms with Gasteiger partial charge in [0.2, 0.25) is 16.0 Å².